The second-order valence-corrected chi connectivity index (χ2v) is 6.99. The van der Waals surface area contributed by atoms with Crippen LogP contribution >= 0.6 is 22.9 Å². The summed E-state index contributed by atoms with van der Waals surface area (Å²) < 4.78 is 0. The number of anilines is 1. The van der Waals surface area contributed by atoms with Crippen LogP contribution in [0.1, 0.15) is 20.1 Å². The normalized spacial score (nSPS) is 11.2. The maximum absolute atomic E-state index is 12.2. The second kappa shape index (κ2) is 9.03. The molecule has 1 aromatic carbocycles. The SMILES string of the molecule is O=C(C=Cc1ccc(C=NNc2cccc(Cl)n2)s1)c1cccc([N+](=O)[O-])c1. The van der Waals surface area contributed by atoms with E-state index in [0.29, 0.717) is 11.0 Å². The van der Waals surface area contributed by atoms with Gasteiger partial charge >= 0.3 is 0 Å². The van der Waals surface area contributed by atoms with E-state index in [-0.39, 0.29) is 17.0 Å². The van der Waals surface area contributed by atoms with Crippen molar-refractivity contribution < 1.29 is 9.72 Å². The van der Waals surface area contributed by atoms with Crippen LogP contribution < -0.4 is 5.43 Å². The average molecular weight is 413 g/mol. The topological polar surface area (TPSA) is 97.5 Å². The average Bonchev–Trinajstić information content (AvgIpc) is 3.14. The van der Waals surface area contributed by atoms with E-state index in [1.54, 1.807) is 36.6 Å². The molecule has 140 valence electrons. The number of hydrogen-bond acceptors (Lipinski definition) is 7. The quantitative estimate of drug-likeness (QED) is 0.146. The van der Waals surface area contributed by atoms with Gasteiger partial charge in [-0.3, -0.25) is 20.3 Å². The molecule has 3 rings (SSSR count). The standard InChI is InChI=1S/C19H13ClN4O3S/c20-18-5-2-6-19(22-18)23-21-12-16-8-7-15(28-16)9-10-17(25)13-3-1-4-14(11-13)24(26)27/h1-12H,(H,22,23). The van der Waals surface area contributed by atoms with Crippen LogP contribution in [-0.2, 0) is 0 Å². The molecule has 0 saturated heterocycles. The van der Waals surface area contributed by atoms with Gasteiger partial charge in [-0.25, -0.2) is 4.98 Å². The van der Waals surface area contributed by atoms with Crippen LogP contribution in [0, 0.1) is 10.1 Å². The van der Waals surface area contributed by atoms with Crippen molar-refractivity contribution in [3.63, 3.8) is 0 Å². The zero-order valence-corrected chi connectivity index (χ0v) is 15.9. The first kappa shape index (κ1) is 19.4. The van der Waals surface area contributed by atoms with Crippen molar-refractivity contribution in [1.29, 1.82) is 0 Å². The third kappa shape index (κ3) is 5.32. The van der Waals surface area contributed by atoms with Crippen molar-refractivity contribution in [3.8, 4) is 0 Å². The number of thiophene rings is 1. The zero-order valence-electron chi connectivity index (χ0n) is 14.3. The molecule has 0 unspecified atom stereocenters. The van der Waals surface area contributed by atoms with E-state index in [1.165, 1.54) is 35.6 Å². The van der Waals surface area contributed by atoms with Gasteiger partial charge in [0, 0.05) is 27.5 Å². The number of halogens is 1. The number of hydrazone groups is 1. The van der Waals surface area contributed by atoms with Gasteiger partial charge in [0.25, 0.3) is 5.69 Å². The monoisotopic (exact) mass is 412 g/mol. The number of hydrogen-bond donors (Lipinski definition) is 1. The molecular weight excluding hydrogens is 400 g/mol. The van der Waals surface area contributed by atoms with Gasteiger partial charge in [0.1, 0.15) is 11.0 Å². The van der Waals surface area contributed by atoms with Gasteiger partial charge in [0.15, 0.2) is 5.78 Å². The van der Waals surface area contributed by atoms with Crippen molar-refractivity contribution in [2.24, 2.45) is 5.10 Å². The summed E-state index contributed by atoms with van der Waals surface area (Å²) in [5, 5.41) is 15.3. The molecule has 0 saturated carbocycles. The van der Waals surface area contributed by atoms with Crippen molar-refractivity contribution in [1.82, 2.24) is 4.98 Å². The van der Waals surface area contributed by atoms with E-state index >= 15 is 0 Å². The predicted octanol–water partition coefficient (Wildman–Crippen LogP) is 5.05. The molecule has 2 aromatic heterocycles. The number of nitrogens with one attached hydrogen (secondary N) is 1. The van der Waals surface area contributed by atoms with Crippen LogP contribution in [0.25, 0.3) is 6.08 Å². The molecule has 0 bridgehead atoms. The van der Waals surface area contributed by atoms with Gasteiger partial charge in [0.05, 0.1) is 11.1 Å². The van der Waals surface area contributed by atoms with Crippen LogP contribution in [0.2, 0.25) is 5.15 Å². The molecule has 1 N–H and O–H groups in total. The maximum Gasteiger partial charge on any atom is 0.270 e. The lowest BCUT2D eigenvalue weighted by molar-refractivity contribution is -0.384. The number of pyridine rings is 1. The molecule has 7 nitrogen and oxygen atoms in total. The van der Waals surface area contributed by atoms with Gasteiger partial charge in [0.2, 0.25) is 0 Å². The van der Waals surface area contributed by atoms with E-state index in [9.17, 15) is 14.9 Å². The van der Waals surface area contributed by atoms with Crippen LogP contribution in [0.15, 0.2) is 65.8 Å². The summed E-state index contributed by atoms with van der Waals surface area (Å²) in [6.45, 7) is 0. The number of aromatic nitrogens is 1. The highest BCUT2D eigenvalue weighted by molar-refractivity contribution is 7.14. The van der Waals surface area contributed by atoms with E-state index < -0.39 is 4.92 Å². The second-order valence-electron chi connectivity index (χ2n) is 5.46. The molecule has 3 aromatic rings. The van der Waals surface area contributed by atoms with Crippen LogP contribution in [-0.4, -0.2) is 21.9 Å². The van der Waals surface area contributed by atoms with E-state index in [1.807, 2.05) is 12.1 Å². The van der Waals surface area contributed by atoms with E-state index in [4.69, 9.17) is 11.6 Å². The number of benzene rings is 1. The Morgan fingerprint density at radius 2 is 1.96 bits per heavy atom. The highest BCUT2D eigenvalue weighted by Crippen LogP contribution is 2.18. The molecule has 0 aliphatic heterocycles. The summed E-state index contributed by atoms with van der Waals surface area (Å²) in [6, 6.07) is 14.5. The van der Waals surface area contributed by atoms with Gasteiger partial charge in [-0.05, 0) is 36.4 Å². The first-order valence-electron chi connectivity index (χ1n) is 7.99. The zero-order chi connectivity index (χ0) is 19.9. The number of carbonyl (C=O) groups excluding carboxylic acids is 1. The lowest BCUT2D eigenvalue weighted by Gasteiger charge is -1.97. The minimum absolute atomic E-state index is 0.115. The minimum Gasteiger partial charge on any atom is -0.289 e. The van der Waals surface area contributed by atoms with Crippen molar-refractivity contribution in [2.75, 3.05) is 5.43 Å². The number of carbonyl (C=O) groups is 1. The Hall–Kier alpha value is -3.36. The van der Waals surface area contributed by atoms with Crippen molar-refractivity contribution in [3.05, 3.63) is 91.3 Å². The van der Waals surface area contributed by atoms with Gasteiger partial charge in [-0.1, -0.05) is 29.8 Å². The number of ketones is 1. The Balaban J connectivity index is 1.62. The molecule has 2 heterocycles. The molecule has 28 heavy (non-hydrogen) atoms. The Morgan fingerprint density at radius 1 is 1.18 bits per heavy atom. The summed E-state index contributed by atoms with van der Waals surface area (Å²) in [7, 11) is 0. The highest BCUT2D eigenvalue weighted by atomic mass is 35.5. The van der Waals surface area contributed by atoms with Crippen LogP contribution in [0.4, 0.5) is 11.5 Å². The number of non-ortho nitro benzene ring substituents is 1. The molecule has 0 atom stereocenters. The summed E-state index contributed by atoms with van der Waals surface area (Å²) in [5.74, 6) is 0.226. The first-order valence-corrected chi connectivity index (χ1v) is 9.19. The van der Waals surface area contributed by atoms with E-state index in [0.717, 1.165) is 9.75 Å². The molecule has 0 fully saturated rings. The Morgan fingerprint density at radius 3 is 2.75 bits per heavy atom. The Kier molecular flexibility index (Phi) is 6.25. The van der Waals surface area contributed by atoms with Gasteiger partial charge in [-0.15, -0.1) is 11.3 Å². The summed E-state index contributed by atoms with van der Waals surface area (Å²) in [5.41, 5.74) is 2.93. The molecular formula is C19H13ClN4O3S. The molecule has 0 radical (unpaired) electrons. The Bertz CT molecular complexity index is 1080. The molecule has 0 aliphatic carbocycles. The fourth-order valence-corrected chi connectivity index (χ4v) is 3.14. The fourth-order valence-electron chi connectivity index (χ4n) is 2.19. The maximum atomic E-state index is 12.2. The third-order valence-electron chi connectivity index (χ3n) is 3.47. The van der Waals surface area contributed by atoms with E-state index in [2.05, 4.69) is 15.5 Å². The van der Waals surface area contributed by atoms with Crippen LogP contribution in [0.3, 0.4) is 0 Å². The number of nitrogens with zero attached hydrogens (tertiary/aromatic N) is 3. The van der Waals surface area contributed by atoms with Gasteiger partial charge < -0.3 is 0 Å². The number of nitro benzene ring substituents is 1. The fraction of sp³-hybridized carbons (Fsp3) is 0. The smallest absolute Gasteiger partial charge is 0.270 e. The number of nitro groups is 1. The Labute approximate surface area is 169 Å². The van der Waals surface area contributed by atoms with Crippen molar-refractivity contribution in [2.45, 2.75) is 0 Å². The number of rotatable bonds is 7. The lowest BCUT2D eigenvalue weighted by atomic mass is 10.1. The molecule has 0 spiro atoms. The summed E-state index contributed by atoms with van der Waals surface area (Å²) in [4.78, 5) is 28.2. The van der Waals surface area contributed by atoms with Crippen molar-refractivity contribution >= 4 is 52.5 Å². The number of allylic oxidation sites excluding steroid dienone is 1. The predicted molar refractivity (Wildman–Crippen MR) is 111 cm³/mol. The molecule has 0 aliphatic rings. The largest absolute Gasteiger partial charge is 0.289 e. The lowest BCUT2D eigenvalue weighted by Crippen LogP contribution is -1.96. The summed E-state index contributed by atoms with van der Waals surface area (Å²) in [6.07, 6.45) is 4.68. The van der Waals surface area contributed by atoms with Crippen LogP contribution in [0.5, 0.6) is 0 Å². The first-order chi connectivity index (χ1) is 13.5. The minimum atomic E-state index is -0.529. The molecule has 9 heteroatoms. The summed E-state index contributed by atoms with van der Waals surface area (Å²) >= 11 is 7.24. The molecule has 0 amide bonds. The third-order valence-corrected chi connectivity index (χ3v) is 4.67. The van der Waals surface area contributed by atoms with Gasteiger partial charge in [-0.2, -0.15) is 5.10 Å². The highest BCUT2D eigenvalue weighted by Gasteiger charge is 2.09.